The summed E-state index contributed by atoms with van der Waals surface area (Å²) in [6, 6.07) is 10.9. The third-order valence-electron chi connectivity index (χ3n) is 7.67. The minimum Gasteiger partial charge on any atom is -0.481 e. The van der Waals surface area contributed by atoms with Crippen LogP contribution in [0.15, 0.2) is 41.4 Å². The van der Waals surface area contributed by atoms with Crippen LogP contribution < -0.4 is 0 Å². The van der Waals surface area contributed by atoms with Crippen molar-refractivity contribution in [2.45, 2.75) is 77.6 Å². The van der Waals surface area contributed by atoms with Crippen molar-refractivity contribution in [2.24, 2.45) is 10.9 Å². The number of hydrogen-bond acceptors (Lipinski definition) is 3. The maximum atomic E-state index is 13.9. The van der Waals surface area contributed by atoms with Crippen molar-refractivity contribution in [1.82, 2.24) is 4.90 Å². The first-order valence-electron chi connectivity index (χ1n) is 12.9. The lowest BCUT2D eigenvalue weighted by Crippen LogP contribution is -2.49. The van der Waals surface area contributed by atoms with Crippen LogP contribution in [0.5, 0.6) is 0 Å². The van der Waals surface area contributed by atoms with Gasteiger partial charge in [-0.1, -0.05) is 50.5 Å². The van der Waals surface area contributed by atoms with Crippen LogP contribution in [-0.4, -0.2) is 34.8 Å². The Kier molecular flexibility index (Phi) is 8.18. The minimum absolute atomic E-state index is 0.00748. The van der Waals surface area contributed by atoms with Crippen LogP contribution in [0, 0.1) is 5.92 Å². The first-order chi connectivity index (χ1) is 17.2. The zero-order valence-corrected chi connectivity index (χ0v) is 21.1. The first-order valence-corrected chi connectivity index (χ1v) is 12.9. The number of rotatable bonds is 8. The molecule has 2 aromatic carbocycles. The SMILES string of the molecule is CCc1cc(C(C)=NCc2ccc(C3CCCCC3)c(C(F)(F)F)c2)ccc1CN1CC(C(=O)O)C1. The molecule has 0 amide bonds. The second-order valence-corrected chi connectivity index (χ2v) is 10.2. The van der Waals surface area contributed by atoms with Crippen molar-refractivity contribution in [1.29, 1.82) is 0 Å². The van der Waals surface area contributed by atoms with Crippen molar-refractivity contribution >= 4 is 11.7 Å². The Morgan fingerprint density at radius 1 is 1.06 bits per heavy atom. The normalized spacial score (nSPS) is 18.3. The molecule has 1 saturated heterocycles. The molecule has 2 aromatic rings. The molecular formula is C29H35F3N2O2. The van der Waals surface area contributed by atoms with Gasteiger partial charge < -0.3 is 5.11 Å². The van der Waals surface area contributed by atoms with Gasteiger partial charge >= 0.3 is 12.1 Å². The predicted octanol–water partition coefficient (Wildman–Crippen LogP) is 6.84. The van der Waals surface area contributed by atoms with Gasteiger partial charge in [-0.2, -0.15) is 13.2 Å². The Hall–Kier alpha value is -2.67. The van der Waals surface area contributed by atoms with E-state index in [1.807, 2.05) is 13.0 Å². The molecule has 0 unspecified atom stereocenters. The van der Waals surface area contributed by atoms with Gasteiger partial charge in [-0.3, -0.25) is 14.7 Å². The lowest BCUT2D eigenvalue weighted by atomic mass is 9.81. The first kappa shape index (κ1) is 26.4. The fourth-order valence-electron chi connectivity index (χ4n) is 5.45. The van der Waals surface area contributed by atoms with E-state index in [2.05, 4.69) is 28.9 Å². The molecular weight excluding hydrogens is 465 g/mol. The number of carboxylic acids is 1. The molecule has 1 saturated carbocycles. The van der Waals surface area contributed by atoms with Crippen molar-refractivity contribution < 1.29 is 23.1 Å². The van der Waals surface area contributed by atoms with Gasteiger partial charge in [-0.05, 0) is 72.1 Å². The molecule has 2 aliphatic rings. The van der Waals surface area contributed by atoms with Gasteiger partial charge in [0.05, 0.1) is 18.0 Å². The van der Waals surface area contributed by atoms with Crippen LogP contribution in [0.25, 0.3) is 0 Å². The zero-order chi connectivity index (χ0) is 25.9. The summed E-state index contributed by atoms with van der Waals surface area (Å²) in [5.74, 6) is -1.03. The van der Waals surface area contributed by atoms with E-state index in [1.165, 1.54) is 17.2 Å². The molecule has 36 heavy (non-hydrogen) atoms. The van der Waals surface area contributed by atoms with Crippen LogP contribution >= 0.6 is 0 Å². The molecule has 1 aliphatic carbocycles. The fraction of sp³-hybridized carbons (Fsp3) is 0.517. The van der Waals surface area contributed by atoms with Crippen molar-refractivity contribution in [3.05, 3.63) is 69.8 Å². The summed E-state index contributed by atoms with van der Waals surface area (Å²) in [4.78, 5) is 17.8. The van der Waals surface area contributed by atoms with E-state index >= 15 is 0 Å². The highest BCUT2D eigenvalue weighted by atomic mass is 19.4. The highest BCUT2D eigenvalue weighted by Gasteiger charge is 2.36. The Balaban J connectivity index is 1.47. The van der Waals surface area contributed by atoms with E-state index < -0.39 is 17.7 Å². The molecule has 1 heterocycles. The van der Waals surface area contributed by atoms with E-state index in [1.54, 1.807) is 12.1 Å². The number of nitrogens with zero attached hydrogens (tertiary/aromatic N) is 2. The van der Waals surface area contributed by atoms with Gasteiger partial charge in [0.2, 0.25) is 0 Å². The number of alkyl halides is 3. The topological polar surface area (TPSA) is 52.9 Å². The number of hydrogen-bond donors (Lipinski definition) is 1. The molecule has 0 bridgehead atoms. The molecule has 4 rings (SSSR count). The molecule has 1 N–H and O–H groups in total. The third kappa shape index (κ3) is 6.17. The number of carbonyl (C=O) groups is 1. The van der Waals surface area contributed by atoms with Crippen molar-refractivity contribution in [3.8, 4) is 0 Å². The maximum Gasteiger partial charge on any atom is 0.416 e. The Bertz CT molecular complexity index is 1110. The molecule has 2 fully saturated rings. The van der Waals surface area contributed by atoms with Crippen LogP contribution in [0.1, 0.15) is 85.3 Å². The average molecular weight is 501 g/mol. The summed E-state index contributed by atoms with van der Waals surface area (Å²) >= 11 is 0. The molecule has 4 nitrogen and oxygen atoms in total. The van der Waals surface area contributed by atoms with Crippen LogP contribution in [-0.2, 0) is 30.5 Å². The number of carboxylic acid groups (broad SMARTS) is 1. The number of benzene rings is 2. The standard InChI is InChI=1S/C29H35F3N2O2/c1-3-21-14-23(10-11-24(21)16-34-17-25(18-34)28(35)36)19(2)33-15-20-9-12-26(22-7-5-4-6-8-22)27(13-20)29(30,31)32/h9-14,22,25H,3-8,15-18H2,1-2H3,(H,35,36). The fourth-order valence-corrected chi connectivity index (χ4v) is 5.45. The molecule has 0 spiro atoms. The number of likely N-dealkylation sites (tertiary alicyclic amines) is 1. The van der Waals surface area contributed by atoms with Gasteiger partial charge in [0.1, 0.15) is 0 Å². The number of aliphatic imine (C=N–C) groups is 1. The molecule has 0 aromatic heterocycles. The van der Waals surface area contributed by atoms with Gasteiger partial charge in [0.15, 0.2) is 0 Å². The highest BCUT2D eigenvalue weighted by Crippen LogP contribution is 2.41. The van der Waals surface area contributed by atoms with E-state index in [0.29, 0.717) is 24.2 Å². The maximum absolute atomic E-state index is 13.9. The summed E-state index contributed by atoms with van der Waals surface area (Å²) in [6.07, 6.45) is 1.21. The quantitative estimate of drug-likeness (QED) is 0.404. The second-order valence-electron chi connectivity index (χ2n) is 10.2. The molecule has 0 atom stereocenters. The van der Waals surface area contributed by atoms with E-state index in [-0.39, 0.29) is 18.4 Å². The highest BCUT2D eigenvalue weighted by molar-refractivity contribution is 5.98. The Labute approximate surface area is 211 Å². The lowest BCUT2D eigenvalue weighted by Gasteiger charge is -2.37. The van der Waals surface area contributed by atoms with E-state index in [4.69, 9.17) is 5.11 Å². The molecule has 7 heteroatoms. The van der Waals surface area contributed by atoms with E-state index in [0.717, 1.165) is 56.3 Å². The molecule has 194 valence electrons. The Morgan fingerprint density at radius 3 is 2.42 bits per heavy atom. The number of aryl methyl sites for hydroxylation is 1. The van der Waals surface area contributed by atoms with Crippen LogP contribution in [0.2, 0.25) is 0 Å². The zero-order valence-electron chi connectivity index (χ0n) is 21.1. The summed E-state index contributed by atoms with van der Waals surface area (Å²) < 4.78 is 41.6. The van der Waals surface area contributed by atoms with Gasteiger partial charge in [-0.15, -0.1) is 0 Å². The molecule has 1 aliphatic heterocycles. The monoisotopic (exact) mass is 500 g/mol. The second kappa shape index (κ2) is 11.2. The number of halogens is 3. The van der Waals surface area contributed by atoms with Gasteiger partial charge in [0.25, 0.3) is 0 Å². The lowest BCUT2D eigenvalue weighted by molar-refractivity contribution is -0.147. The van der Waals surface area contributed by atoms with Crippen LogP contribution in [0.4, 0.5) is 13.2 Å². The summed E-state index contributed by atoms with van der Waals surface area (Å²) in [5.41, 5.74) is 4.59. The van der Waals surface area contributed by atoms with E-state index in [9.17, 15) is 18.0 Å². The predicted molar refractivity (Wildman–Crippen MR) is 135 cm³/mol. The van der Waals surface area contributed by atoms with Gasteiger partial charge in [-0.25, -0.2) is 0 Å². The minimum atomic E-state index is -4.37. The summed E-state index contributed by atoms with van der Waals surface area (Å²) in [7, 11) is 0. The van der Waals surface area contributed by atoms with Crippen LogP contribution in [0.3, 0.4) is 0 Å². The summed E-state index contributed by atoms with van der Waals surface area (Å²) in [6.45, 7) is 6.03. The smallest absolute Gasteiger partial charge is 0.416 e. The molecule has 0 radical (unpaired) electrons. The van der Waals surface area contributed by atoms with Gasteiger partial charge in [0, 0.05) is 25.3 Å². The largest absolute Gasteiger partial charge is 0.481 e. The average Bonchev–Trinajstić information content (AvgIpc) is 2.84. The summed E-state index contributed by atoms with van der Waals surface area (Å²) in [5, 5.41) is 9.08. The third-order valence-corrected chi connectivity index (χ3v) is 7.67. The van der Waals surface area contributed by atoms with Crippen molar-refractivity contribution in [3.63, 3.8) is 0 Å². The number of aliphatic carboxylic acids is 1. The Morgan fingerprint density at radius 2 is 1.78 bits per heavy atom. The van der Waals surface area contributed by atoms with Crippen molar-refractivity contribution in [2.75, 3.05) is 13.1 Å².